The zero-order valence-electron chi connectivity index (χ0n) is 18.8. The number of aromatic nitrogens is 4. The second-order valence-corrected chi connectivity index (χ2v) is 9.95. The summed E-state index contributed by atoms with van der Waals surface area (Å²) < 4.78 is 7.03. The van der Waals surface area contributed by atoms with Gasteiger partial charge in [0.25, 0.3) is 0 Å². The highest BCUT2D eigenvalue weighted by Gasteiger charge is 2.28. The van der Waals surface area contributed by atoms with Crippen molar-refractivity contribution in [3.63, 3.8) is 0 Å². The Hall–Kier alpha value is -3.24. The Labute approximate surface area is 204 Å². The Morgan fingerprint density at radius 3 is 2.91 bits per heavy atom. The van der Waals surface area contributed by atoms with Gasteiger partial charge in [-0.1, -0.05) is 30.0 Å². The minimum absolute atomic E-state index is 0.145. The van der Waals surface area contributed by atoms with Crippen LogP contribution >= 0.6 is 23.1 Å². The van der Waals surface area contributed by atoms with Crippen molar-refractivity contribution in [3.8, 4) is 5.69 Å². The molecule has 0 fully saturated rings. The average molecular weight is 494 g/mol. The average Bonchev–Trinajstić information content (AvgIpc) is 3.53. The molecule has 0 spiro atoms. The third kappa shape index (κ3) is 4.19. The van der Waals surface area contributed by atoms with E-state index in [0.717, 1.165) is 46.3 Å². The number of thiophene rings is 1. The smallest absolute Gasteiger partial charge is 0.341 e. The fourth-order valence-electron chi connectivity index (χ4n) is 4.12. The van der Waals surface area contributed by atoms with Crippen molar-refractivity contribution in [2.75, 3.05) is 17.7 Å². The highest BCUT2D eigenvalue weighted by Crippen LogP contribution is 2.39. The number of esters is 1. The van der Waals surface area contributed by atoms with Crippen LogP contribution in [0.15, 0.2) is 41.8 Å². The van der Waals surface area contributed by atoms with Crippen molar-refractivity contribution in [2.24, 2.45) is 0 Å². The van der Waals surface area contributed by atoms with Crippen molar-refractivity contribution in [3.05, 3.63) is 58.4 Å². The maximum absolute atomic E-state index is 12.8. The predicted octanol–water partition coefficient (Wildman–Crippen LogP) is 4.58. The second-order valence-electron chi connectivity index (χ2n) is 7.88. The lowest BCUT2D eigenvalue weighted by atomic mass is 10.1. The number of amides is 1. The fourth-order valence-corrected chi connectivity index (χ4v) is 6.18. The number of aryl methyl sites for hydroxylation is 2. The largest absolute Gasteiger partial charge is 0.462 e. The number of hydrogen-bond acceptors (Lipinski definition) is 8. The summed E-state index contributed by atoms with van der Waals surface area (Å²) in [6.45, 7) is 4.10. The third-order valence-corrected chi connectivity index (χ3v) is 7.88. The molecule has 10 heteroatoms. The molecule has 1 aliphatic carbocycles. The number of benzene rings is 1. The number of carbonyl (C=O) groups excluding carboxylic acids is 2. The van der Waals surface area contributed by atoms with Crippen molar-refractivity contribution >= 4 is 51.0 Å². The van der Waals surface area contributed by atoms with Crippen LogP contribution in [0.5, 0.6) is 0 Å². The van der Waals surface area contributed by atoms with Gasteiger partial charge in [0, 0.05) is 4.88 Å². The van der Waals surface area contributed by atoms with Gasteiger partial charge in [0.15, 0.2) is 5.65 Å². The summed E-state index contributed by atoms with van der Waals surface area (Å²) in [7, 11) is 0. The minimum Gasteiger partial charge on any atom is -0.462 e. The summed E-state index contributed by atoms with van der Waals surface area (Å²) in [4.78, 5) is 35.3. The number of para-hydroxylation sites is 1. The lowest BCUT2D eigenvalue weighted by molar-refractivity contribution is -0.113. The molecule has 3 aromatic heterocycles. The fraction of sp³-hybridized carbons (Fsp3) is 0.292. The lowest BCUT2D eigenvalue weighted by Gasteiger charge is -2.08. The quantitative estimate of drug-likeness (QED) is 0.228. The first-order valence-electron chi connectivity index (χ1n) is 11.1. The molecule has 0 saturated carbocycles. The van der Waals surface area contributed by atoms with E-state index in [1.807, 2.05) is 31.2 Å². The van der Waals surface area contributed by atoms with Gasteiger partial charge < -0.3 is 10.1 Å². The molecule has 1 aliphatic rings. The van der Waals surface area contributed by atoms with Gasteiger partial charge in [-0.15, -0.1) is 11.3 Å². The van der Waals surface area contributed by atoms with Gasteiger partial charge in [-0.2, -0.15) is 5.10 Å². The van der Waals surface area contributed by atoms with E-state index in [9.17, 15) is 9.59 Å². The number of thioether (sulfide) groups is 1. The van der Waals surface area contributed by atoms with Gasteiger partial charge >= 0.3 is 5.97 Å². The molecule has 3 heterocycles. The van der Waals surface area contributed by atoms with Crippen LogP contribution in [-0.4, -0.2) is 44.0 Å². The number of anilines is 1. The molecule has 8 nitrogen and oxygen atoms in total. The molecule has 0 bridgehead atoms. The maximum atomic E-state index is 12.8. The third-order valence-electron chi connectivity index (χ3n) is 5.67. The summed E-state index contributed by atoms with van der Waals surface area (Å²) >= 11 is 2.79. The monoisotopic (exact) mass is 493 g/mol. The normalized spacial score (nSPS) is 12.6. The van der Waals surface area contributed by atoms with Crippen LogP contribution in [0.4, 0.5) is 5.00 Å². The van der Waals surface area contributed by atoms with Gasteiger partial charge in [-0.3, -0.25) is 4.79 Å². The lowest BCUT2D eigenvalue weighted by Crippen LogP contribution is -2.16. The topological polar surface area (TPSA) is 99.0 Å². The Kier molecular flexibility index (Phi) is 6.34. The number of nitrogens with zero attached hydrogens (tertiary/aromatic N) is 4. The van der Waals surface area contributed by atoms with Crippen LogP contribution in [-0.2, 0) is 22.4 Å². The number of ether oxygens (including phenoxy) is 1. The molecule has 0 unspecified atom stereocenters. The van der Waals surface area contributed by atoms with Gasteiger partial charge in [-0.05, 0) is 50.3 Å². The van der Waals surface area contributed by atoms with E-state index in [4.69, 9.17) is 4.74 Å². The molecule has 34 heavy (non-hydrogen) atoms. The van der Waals surface area contributed by atoms with Crippen LogP contribution in [0.3, 0.4) is 0 Å². The molecule has 1 N–H and O–H groups in total. The molecular weight excluding hydrogens is 470 g/mol. The van der Waals surface area contributed by atoms with Crippen LogP contribution in [0, 0.1) is 6.92 Å². The van der Waals surface area contributed by atoms with Crippen molar-refractivity contribution in [1.29, 1.82) is 0 Å². The van der Waals surface area contributed by atoms with Crippen LogP contribution in [0.1, 0.15) is 39.7 Å². The van der Waals surface area contributed by atoms with E-state index in [1.54, 1.807) is 17.8 Å². The molecule has 1 amide bonds. The highest BCUT2D eigenvalue weighted by molar-refractivity contribution is 8.00. The first-order chi connectivity index (χ1) is 16.6. The van der Waals surface area contributed by atoms with Crippen molar-refractivity contribution in [1.82, 2.24) is 19.7 Å². The Balaban J connectivity index is 1.34. The van der Waals surface area contributed by atoms with Crippen molar-refractivity contribution in [2.45, 2.75) is 38.1 Å². The summed E-state index contributed by atoms with van der Waals surface area (Å²) in [5.41, 5.74) is 4.25. The van der Waals surface area contributed by atoms with Gasteiger partial charge in [0.1, 0.15) is 16.4 Å². The van der Waals surface area contributed by atoms with Crippen molar-refractivity contribution < 1.29 is 14.3 Å². The number of nitrogens with one attached hydrogen (secondary N) is 1. The zero-order valence-corrected chi connectivity index (χ0v) is 20.5. The molecule has 0 saturated heterocycles. The summed E-state index contributed by atoms with van der Waals surface area (Å²) in [5.74, 6) is -0.425. The zero-order chi connectivity index (χ0) is 23.7. The molecule has 0 aliphatic heterocycles. The maximum Gasteiger partial charge on any atom is 0.341 e. The summed E-state index contributed by atoms with van der Waals surface area (Å²) in [6, 6.07) is 7.95. The van der Waals surface area contributed by atoms with E-state index >= 15 is 0 Å². The first kappa shape index (κ1) is 22.5. The van der Waals surface area contributed by atoms with Crippen LogP contribution in [0.25, 0.3) is 16.7 Å². The number of rotatable bonds is 7. The van der Waals surface area contributed by atoms with Gasteiger partial charge in [0.05, 0.1) is 35.2 Å². The van der Waals surface area contributed by atoms with E-state index in [0.29, 0.717) is 27.8 Å². The molecule has 0 radical (unpaired) electrons. The molecule has 0 atom stereocenters. The molecule has 4 aromatic rings. The second kappa shape index (κ2) is 9.55. The minimum atomic E-state index is -0.369. The molecular formula is C24H23N5O3S2. The first-order valence-corrected chi connectivity index (χ1v) is 12.9. The van der Waals surface area contributed by atoms with E-state index in [1.165, 1.54) is 29.4 Å². The standard InChI is InChI=1S/C24H23N5O3S2/c1-3-32-24(31)20-15-8-6-10-18(15)34-23(20)28-19(30)12-33-22-16-11-27-29(21(16)25-13-26-22)17-9-5-4-7-14(17)2/h4-5,7,9,11,13H,3,6,8,10,12H2,1-2H3,(H,28,30). The Morgan fingerprint density at radius 1 is 1.24 bits per heavy atom. The number of carbonyl (C=O) groups is 2. The number of hydrogen-bond donors (Lipinski definition) is 1. The molecule has 174 valence electrons. The van der Waals surface area contributed by atoms with Crippen LogP contribution in [0.2, 0.25) is 0 Å². The van der Waals surface area contributed by atoms with Gasteiger partial charge in [0.2, 0.25) is 5.91 Å². The summed E-state index contributed by atoms with van der Waals surface area (Å²) in [6.07, 6.45) is 6.01. The SMILES string of the molecule is CCOC(=O)c1c(NC(=O)CSc2ncnc3c2cnn3-c2ccccc2C)sc2c1CCC2. The molecule has 1 aromatic carbocycles. The van der Waals surface area contributed by atoms with E-state index < -0.39 is 0 Å². The van der Waals surface area contributed by atoms with Gasteiger partial charge in [-0.25, -0.2) is 19.4 Å². The van der Waals surface area contributed by atoms with Crippen LogP contribution < -0.4 is 5.32 Å². The van der Waals surface area contributed by atoms with E-state index in [2.05, 4.69) is 20.4 Å². The predicted molar refractivity (Wildman–Crippen MR) is 133 cm³/mol. The Bertz CT molecular complexity index is 1390. The highest BCUT2D eigenvalue weighted by atomic mass is 32.2. The number of fused-ring (bicyclic) bond motifs is 2. The van der Waals surface area contributed by atoms with E-state index in [-0.39, 0.29) is 17.6 Å². The summed E-state index contributed by atoms with van der Waals surface area (Å²) in [5, 5.41) is 9.48. The molecule has 5 rings (SSSR count). The Morgan fingerprint density at radius 2 is 2.09 bits per heavy atom.